The van der Waals surface area contributed by atoms with Gasteiger partial charge in [0.05, 0.1) is 24.2 Å². The van der Waals surface area contributed by atoms with Gasteiger partial charge in [-0.1, -0.05) is 15.9 Å². The van der Waals surface area contributed by atoms with Crippen LogP contribution in [0.25, 0.3) is 0 Å². The fourth-order valence-electron chi connectivity index (χ4n) is 0.845. The molecule has 1 aromatic heterocycles. The number of ketones is 1. The SMILES string of the molecule is Br.COc1cnccc1C(=O)CBr. The smallest absolute Gasteiger partial charge is 0.177 e. The van der Waals surface area contributed by atoms with Crippen LogP contribution in [0.15, 0.2) is 18.5 Å². The van der Waals surface area contributed by atoms with Crippen LogP contribution in [0.1, 0.15) is 10.4 Å². The van der Waals surface area contributed by atoms with E-state index in [1.165, 1.54) is 13.3 Å². The van der Waals surface area contributed by atoms with E-state index in [-0.39, 0.29) is 22.8 Å². The molecule has 0 aliphatic heterocycles. The van der Waals surface area contributed by atoms with Gasteiger partial charge in [0, 0.05) is 6.20 Å². The van der Waals surface area contributed by atoms with Gasteiger partial charge in [-0.2, -0.15) is 0 Å². The van der Waals surface area contributed by atoms with Gasteiger partial charge in [0.1, 0.15) is 5.75 Å². The molecule has 5 heteroatoms. The van der Waals surface area contributed by atoms with Crippen molar-refractivity contribution < 1.29 is 9.53 Å². The number of rotatable bonds is 3. The maximum absolute atomic E-state index is 11.2. The van der Waals surface area contributed by atoms with Crippen molar-refractivity contribution in [2.24, 2.45) is 0 Å². The van der Waals surface area contributed by atoms with Crippen molar-refractivity contribution in [3.63, 3.8) is 0 Å². The van der Waals surface area contributed by atoms with Gasteiger partial charge in [0.15, 0.2) is 5.78 Å². The molecule has 1 aromatic rings. The topological polar surface area (TPSA) is 39.2 Å². The van der Waals surface area contributed by atoms with Crippen molar-refractivity contribution in [3.8, 4) is 5.75 Å². The van der Waals surface area contributed by atoms with E-state index in [2.05, 4.69) is 20.9 Å². The second-order valence-corrected chi connectivity index (χ2v) is 2.69. The molecule has 0 radical (unpaired) electrons. The van der Waals surface area contributed by atoms with Gasteiger partial charge >= 0.3 is 0 Å². The maximum Gasteiger partial charge on any atom is 0.177 e. The Balaban J connectivity index is 0.00000144. The highest BCUT2D eigenvalue weighted by Gasteiger charge is 2.09. The fourth-order valence-corrected chi connectivity index (χ4v) is 1.15. The molecule has 0 aliphatic rings. The first-order chi connectivity index (χ1) is 5.79. The summed E-state index contributed by atoms with van der Waals surface area (Å²) in [5.41, 5.74) is 0.560. The molecule has 0 unspecified atom stereocenters. The van der Waals surface area contributed by atoms with Crippen molar-refractivity contribution in [1.29, 1.82) is 0 Å². The Labute approximate surface area is 95.4 Å². The summed E-state index contributed by atoms with van der Waals surface area (Å²) in [5.74, 6) is 0.510. The van der Waals surface area contributed by atoms with Crippen molar-refractivity contribution in [2.75, 3.05) is 12.4 Å². The lowest BCUT2D eigenvalue weighted by Crippen LogP contribution is -2.03. The highest BCUT2D eigenvalue weighted by atomic mass is 79.9. The average molecular weight is 311 g/mol. The molecule has 3 nitrogen and oxygen atoms in total. The minimum atomic E-state index is -0.00532. The van der Waals surface area contributed by atoms with E-state index in [1.54, 1.807) is 12.3 Å². The van der Waals surface area contributed by atoms with Gasteiger partial charge in [-0.25, -0.2) is 0 Å². The van der Waals surface area contributed by atoms with Crippen LogP contribution in [-0.4, -0.2) is 23.2 Å². The van der Waals surface area contributed by atoms with Gasteiger partial charge in [0.25, 0.3) is 0 Å². The predicted octanol–water partition coefficient (Wildman–Crippen LogP) is 2.25. The number of pyridine rings is 1. The fraction of sp³-hybridized carbons (Fsp3) is 0.250. The Morgan fingerprint density at radius 3 is 2.92 bits per heavy atom. The van der Waals surface area contributed by atoms with E-state index in [0.29, 0.717) is 16.6 Å². The molecule has 1 rings (SSSR count). The Bertz CT molecular complexity index is 291. The van der Waals surface area contributed by atoms with Gasteiger partial charge in [-0.05, 0) is 6.07 Å². The van der Waals surface area contributed by atoms with Crippen LogP contribution in [0.2, 0.25) is 0 Å². The summed E-state index contributed by atoms with van der Waals surface area (Å²) in [6.45, 7) is 0. The van der Waals surface area contributed by atoms with Crippen LogP contribution < -0.4 is 4.74 Å². The number of nitrogens with zero attached hydrogens (tertiary/aromatic N) is 1. The Morgan fingerprint density at radius 2 is 2.38 bits per heavy atom. The zero-order chi connectivity index (χ0) is 8.97. The molecular weight excluding hydrogens is 302 g/mol. The zero-order valence-corrected chi connectivity index (χ0v) is 10.3. The second-order valence-electron chi connectivity index (χ2n) is 2.13. The van der Waals surface area contributed by atoms with Gasteiger partial charge in [0.2, 0.25) is 0 Å². The number of methoxy groups -OCH3 is 1. The molecule has 0 spiro atoms. The summed E-state index contributed by atoms with van der Waals surface area (Å²) < 4.78 is 4.96. The van der Waals surface area contributed by atoms with E-state index in [9.17, 15) is 4.79 Å². The lowest BCUT2D eigenvalue weighted by molar-refractivity contribution is 0.102. The molecule has 0 bridgehead atoms. The summed E-state index contributed by atoms with van der Waals surface area (Å²) in [7, 11) is 1.52. The van der Waals surface area contributed by atoms with E-state index >= 15 is 0 Å². The third-order valence-electron chi connectivity index (χ3n) is 1.43. The first-order valence-corrected chi connectivity index (χ1v) is 4.49. The molecule has 0 saturated carbocycles. The number of alkyl halides is 1. The number of hydrogen-bond acceptors (Lipinski definition) is 3. The number of carbonyl (C=O) groups is 1. The molecule has 1 heterocycles. The molecular formula is C8H9Br2NO2. The minimum Gasteiger partial charge on any atom is -0.494 e. The Morgan fingerprint density at radius 1 is 1.69 bits per heavy atom. The highest BCUT2D eigenvalue weighted by molar-refractivity contribution is 9.09. The van der Waals surface area contributed by atoms with Crippen molar-refractivity contribution >= 4 is 38.7 Å². The van der Waals surface area contributed by atoms with E-state index in [0.717, 1.165) is 0 Å². The number of halogens is 2. The summed E-state index contributed by atoms with van der Waals surface area (Å²) in [5, 5.41) is 0.299. The van der Waals surface area contributed by atoms with Crippen LogP contribution in [0, 0.1) is 0 Å². The van der Waals surface area contributed by atoms with Gasteiger partial charge in [-0.15, -0.1) is 17.0 Å². The van der Waals surface area contributed by atoms with Crippen LogP contribution in [-0.2, 0) is 0 Å². The molecule has 13 heavy (non-hydrogen) atoms. The number of carbonyl (C=O) groups excluding carboxylic acids is 1. The lowest BCUT2D eigenvalue weighted by Gasteiger charge is -2.03. The van der Waals surface area contributed by atoms with Crippen LogP contribution >= 0.6 is 32.9 Å². The van der Waals surface area contributed by atoms with Crippen LogP contribution in [0.5, 0.6) is 5.75 Å². The van der Waals surface area contributed by atoms with Crippen LogP contribution in [0.3, 0.4) is 0 Å². The lowest BCUT2D eigenvalue weighted by atomic mass is 10.2. The largest absolute Gasteiger partial charge is 0.494 e. The normalized spacial score (nSPS) is 8.77. The number of hydrogen-bond donors (Lipinski definition) is 0. The molecule has 0 amide bonds. The summed E-state index contributed by atoms with van der Waals surface area (Å²) >= 11 is 3.09. The molecule has 0 aliphatic carbocycles. The third kappa shape index (κ3) is 3.08. The first-order valence-electron chi connectivity index (χ1n) is 3.36. The van der Waals surface area contributed by atoms with Crippen molar-refractivity contribution in [1.82, 2.24) is 4.98 Å². The van der Waals surface area contributed by atoms with E-state index in [4.69, 9.17) is 4.74 Å². The molecule has 0 atom stereocenters. The predicted molar refractivity (Wildman–Crippen MR) is 59.2 cm³/mol. The zero-order valence-electron chi connectivity index (χ0n) is 6.99. The third-order valence-corrected chi connectivity index (χ3v) is 1.94. The Kier molecular flexibility index (Phi) is 5.90. The second kappa shape index (κ2) is 6.10. The maximum atomic E-state index is 11.2. The Hall–Kier alpha value is -0.420. The minimum absolute atomic E-state index is 0. The van der Waals surface area contributed by atoms with Crippen molar-refractivity contribution in [3.05, 3.63) is 24.0 Å². The summed E-state index contributed by atoms with van der Waals surface area (Å²) in [6, 6.07) is 1.64. The summed E-state index contributed by atoms with van der Waals surface area (Å²) in [4.78, 5) is 15.1. The molecule has 72 valence electrons. The summed E-state index contributed by atoms with van der Waals surface area (Å²) in [6.07, 6.45) is 3.09. The molecule has 0 saturated heterocycles. The molecule has 0 N–H and O–H groups in total. The first kappa shape index (κ1) is 12.6. The van der Waals surface area contributed by atoms with E-state index < -0.39 is 0 Å². The van der Waals surface area contributed by atoms with Gasteiger partial charge < -0.3 is 4.74 Å². The molecule has 0 aromatic carbocycles. The monoisotopic (exact) mass is 309 g/mol. The molecule has 0 fully saturated rings. The highest BCUT2D eigenvalue weighted by Crippen LogP contribution is 2.16. The van der Waals surface area contributed by atoms with Crippen molar-refractivity contribution in [2.45, 2.75) is 0 Å². The standard InChI is InChI=1S/C8H8BrNO2.BrH/c1-12-8-5-10-3-2-6(8)7(11)4-9;/h2-3,5H,4H2,1H3;1H. The van der Waals surface area contributed by atoms with Gasteiger partial charge in [-0.3, -0.25) is 9.78 Å². The quantitative estimate of drug-likeness (QED) is 0.635. The van der Waals surface area contributed by atoms with Crippen LogP contribution in [0.4, 0.5) is 0 Å². The number of ether oxygens (including phenoxy) is 1. The number of aromatic nitrogens is 1. The van der Waals surface area contributed by atoms with E-state index in [1.807, 2.05) is 0 Å². The average Bonchev–Trinajstić information content (AvgIpc) is 2.16. The number of Topliss-reactive ketones (excluding diaryl/α,β-unsaturated/α-hetero) is 1.